The molecule has 1 fully saturated rings. The van der Waals surface area contributed by atoms with Crippen molar-refractivity contribution < 1.29 is 14.3 Å². The summed E-state index contributed by atoms with van der Waals surface area (Å²) in [7, 11) is 0. The van der Waals surface area contributed by atoms with E-state index in [0.717, 1.165) is 50.0 Å². The molecule has 0 N–H and O–H groups in total. The van der Waals surface area contributed by atoms with Crippen molar-refractivity contribution in [2.45, 2.75) is 59.0 Å². The van der Waals surface area contributed by atoms with Gasteiger partial charge in [-0.05, 0) is 33.6 Å². The molecule has 0 saturated carbocycles. The highest BCUT2D eigenvalue weighted by molar-refractivity contribution is 5.84. The van der Waals surface area contributed by atoms with Crippen LogP contribution in [0, 0.1) is 13.8 Å². The van der Waals surface area contributed by atoms with E-state index >= 15 is 0 Å². The first-order valence-electron chi connectivity index (χ1n) is 9.11. The summed E-state index contributed by atoms with van der Waals surface area (Å²) in [6, 6.07) is 0. The minimum absolute atomic E-state index is 0.0537. The molecule has 3 rings (SSSR count). The van der Waals surface area contributed by atoms with Gasteiger partial charge in [0.1, 0.15) is 6.33 Å². The van der Waals surface area contributed by atoms with E-state index in [9.17, 15) is 9.59 Å². The van der Waals surface area contributed by atoms with Gasteiger partial charge in [-0.1, -0.05) is 12.8 Å². The fourth-order valence-electron chi connectivity index (χ4n) is 3.39. The maximum absolute atomic E-state index is 12.5. The van der Waals surface area contributed by atoms with Crippen LogP contribution < -0.4 is 0 Å². The minimum Gasteiger partial charge on any atom is -0.452 e. The van der Waals surface area contributed by atoms with Crippen molar-refractivity contribution in [3.05, 3.63) is 23.3 Å². The maximum atomic E-state index is 12.5. The molecule has 0 spiro atoms. The average molecular weight is 359 g/mol. The molecule has 2 aromatic rings. The predicted molar refractivity (Wildman–Crippen MR) is 94.6 cm³/mol. The lowest BCUT2D eigenvalue weighted by Crippen LogP contribution is -2.40. The van der Waals surface area contributed by atoms with E-state index in [0.29, 0.717) is 11.5 Å². The van der Waals surface area contributed by atoms with E-state index in [1.54, 1.807) is 11.4 Å². The first-order chi connectivity index (χ1) is 12.5. The van der Waals surface area contributed by atoms with Gasteiger partial charge in [0.05, 0.1) is 6.42 Å². The third kappa shape index (κ3) is 3.84. The molecule has 0 radical (unpaired) electrons. The van der Waals surface area contributed by atoms with E-state index in [1.165, 1.54) is 6.33 Å². The van der Waals surface area contributed by atoms with E-state index in [2.05, 4.69) is 15.1 Å². The van der Waals surface area contributed by atoms with Crippen molar-refractivity contribution in [1.82, 2.24) is 24.5 Å². The summed E-state index contributed by atoms with van der Waals surface area (Å²) < 4.78 is 7.01. The summed E-state index contributed by atoms with van der Waals surface area (Å²) >= 11 is 0. The Bertz CT molecular complexity index is 809. The number of carbonyl (C=O) groups excluding carboxylic acids is 2. The molecule has 1 atom stereocenters. The molecule has 8 nitrogen and oxygen atoms in total. The molecule has 0 aliphatic carbocycles. The molecule has 0 bridgehead atoms. The number of carbonyl (C=O) groups is 2. The van der Waals surface area contributed by atoms with Gasteiger partial charge >= 0.3 is 5.97 Å². The number of fused-ring (bicyclic) bond motifs is 1. The average Bonchev–Trinajstić information content (AvgIpc) is 2.90. The number of esters is 1. The summed E-state index contributed by atoms with van der Waals surface area (Å²) in [5.41, 5.74) is 2.27. The number of aryl methyl sites for hydroxylation is 2. The Morgan fingerprint density at radius 2 is 1.88 bits per heavy atom. The normalized spacial score (nSPS) is 16.3. The molecule has 1 amide bonds. The highest BCUT2D eigenvalue weighted by atomic mass is 16.5. The lowest BCUT2D eigenvalue weighted by atomic mass is 10.1. The van der Waals surface area contributed by atoms with Crippen LogP contribution in [0.25, 0.3) is 5.78 Å². The van der Waals surface area contributed by atoms with Crippen LogP contribution in [0.5, 0.6) is 0 Å². The van der Waals surface area contributed by atoms with E-state index in [1.807, 2.05) is 18.7 Å². The summed E-state index contributed by atoms with van der Waals surface area (Å²) in [5.74, 6) is -0.0477. The Labute approximate surface area is 152 Å². The fourth-order valence-corrected chi connectivity index (χ4v) is 3.39. The van der Waals surface area contributed by atoms with Crippen LogP contribution in [0.3, 0.4) is 0 Å². The zero-order chi connectivity index (χ0) is 18.7. The SMILES string of the molecule is Cc1nc2ncnn2c(C)c1CC(=O)O[C@H](C)C(=O)N1CCCCCC1. The molecule has 3 heterocycles. The third-order valence-corrected chi connectivity index (χ3v) is 4.88. The Hall–Kier alpha value is -2.51. The molecular weight excluding hydrogens is 334 g/mol. The Balaban J connectivity index is 1.66. The zero-order valence-corrected chi connectivity index (χ0v) is 15.6. The van der Waals surface area contributed by atoms with Crippen molar-refractivity contribution in [1.29, 1.82) is 0 Å². The maximum Gasteiger partial charge on any atom is 0.311 e. The van der Waals surface area contributed by atoms with Crippen molar-refractivity contribution >= 4 is 17.7 Å². The highest BCUT2D eigenvalue weighted by Crippen LogP contribution is 2.16. The van der Waals surface area contributed by atoms with Crippen LogP contribution in [0.1, 0.15) is 49.6 Å². The Morgan fingerprint density at radius 1 is 1.19 bits per heavy atom. The third-order valence-electron chi connectivity index (χ3n) is 4.88. The second-order valence-electron chi connectivity index (χ2n) is 6.78. The van der Waals surface area contributed by atoms with Crippen LogP contribution in [0.4, 0.5) is 0 Å². The van der Waals surface area contributed by atoms with Gasteiger partial charge in [-0.15, -0.1) is 0 Å². The standard InChI is InChI=1S/C18H25N5O3/c1-12-15(13(2)23-18(21-12)19-11-20-23)10-16(24)26-14(3)17(25)22-8-6-4-5-7-9-22/h11,14H,4-10H2,1-3H3/t14-/m1/s1. The van der Waals surface area contributed by atoms with Gasteiger partial charge in [0.2, 0.25) is 0 Å². The van der Waals surface area contributed by atoms with Gasteiger partial charge in [0.25, 0.3) is 11.7 Å². The van der Waals surface area contributed by atoms with Crippen molar-refractivity contribution in [2.24, 2.45) is 0 Å². The number of amides is 1. The molecule has 1 aliphatic rings. The van der Waals surface area contributed by atoms with Crippen LogP contribution in [-0.4, -0.2) is 55.6 Å². The number of hydrogen-bond acceptors (Lipinski definition) is 6. The summed E-state index contributed by atoms with van der Waals surface area (Å²) in [5, 5.41) is 4.12. The molecule has 1 aliphatic heterocycles. The van der Waals surface area contributed by atoms with E-state index < -0.39 is 12.1 Å². The van der Waals surface area contributed by atoms with Gasteiger partial charge in [0, 0.05) is 30.0 Å². The first kappa shape index (κ1) is 18.3. The fraction of sp³-hybridized carbons (Fsp3) is 0.611. The van der Waals surface area contributed by atoms with Crippen LogP contribution >= 0.6 is 0 Å². The number of aromatic nitrogens is 4. The van der Waals surface area contributed by atoms with Crippen molar-refractivity contribution in [3.63, 3.8) is 0 Å². The largest absolute Gasteiger partial charge is 0.452 e. The Kier molecular flexibility index (Phi) is 5.49. The topological polar surface area (TPSA) is 89.7 Å². The van der Waals surface area contributed by atoms with Gasteiger partial charge in [-0.2, -0.15) is 10.1 Å². The molecular formula is C18H25N5O3. The second kappa shape index (κ2) is 7.80. The zero-order valence-electron chi connectivity index (χ0n) is 15.6. The monoisotopic (exact) mass is 359 g/mol. The number of nitrogens with zero attached hydrogens (tertiary/aromatic N) is 5. The Morgan fingerprint density at radius 3 is 2.58 bits per heavy atom. The highest BCUT2D eigenvalue weighted by Gasteiger charge is 2.25. The molecule has 2 aromatic heterocycles. The number of likely N-dealkylation sites (tertiary alicyclic amines) is 1. The van der Waals surface area contributed by atoms with E-state index in [4.69, 9.17) is 4.74 Å². The summed E-state index contributed by atoms with van der Waals surface area (Å²) in [6.45, 7) is 6.82. The smallest absolute Gasteiger partial charge is 0.311 e. The molecule has 0 unspecified atom stereocenters. The summed E-state index contributed by atoms with van der Waals surface area (Å²) in [6.07, 6.45) is 5.02. The molecule has 8 heteroatoms. The van der Waals surface area contributed by atoms with Gasteiger partial charge in [-0.3, -0.25) is 9.59 Å². The van der Waals surface area contributed by atoms with Crippen LogP contribution in [0.2, 0.25) is 0 Å². The number of rotatable bonds is 4. The lowest BCUT2D eigenvalue weighted by molar-refractivity contribution is -0.158. The van der Waals surface area contributed by atoms with Gasteiger partial charge < -0.3 is 9.64 Å². The van der Waals surface area contributed by atoms with Crippen molar-refractivity contribution in [3.8, 4) is 0 Å². The van der Waals surface area contributed by atoms with Gasteiger partial charge in [-0.25, -0.2) is 9.50 Å². The first-order valence-corrected chi connectivity index (χ1v) is 9.11. The summed E-state index contributed by atoms with van der Waals surface area (Å²) in [4.78, 5) is 35.1. The predicted octanol–water partition coefficient (Wildman–Crippen LogP) is 1.62. The van der Waals surface area contributed by atoms with Crippen molar-refractivity contribution in [2.75, 3.05) is 13.1 Å². The lowest BCUT2D eigenvalue weighted by Gasteiger charge is -2.24. The minimum atomic E-state index is -0.774. The van der Waals surface area contributed by atoms with Crippen LogP contribution in [0.15, 0.2) is 6.33 Å². The number of hydrogen-bond donors (Lipinski definition) is 0. The molecule has 1 saturated heterocycles. The molecule has 26 heavy (non-hydrogen) atoms. The molecule has 0 aromatic carbocycles. The second-order valence-corrected chi connectivity index (χ2v) is 6.78. The quantitative estimate of drug-likeness (QED) is 0.771. The van der Waals surface area contributed by atoms with E-state index in [-0.39, 0.29) is 12.3 Å². The van der Waals surface area contributed by atoms with Crippen LogP contribution in [-0.2, 0) is 20.7 Å². The number of ether oxygens (including phenoxy) is 1. The molecule has 140 valence electrons. The van der Waals surface area contributed by atoms with Gasteiger partial charge in [0.15, 0.2) is 6.10 Å².